The number of aliphatic carboxylic acids is 1. The van der Waals surface area contributed by atoms with Gasteiger partial charge >= 0.3 is 12.0 Å². The van der Waals surface area contributed by atoms with Crippen LogP contribution in [0.3, 0.4) is 0 Å². The first-order chi connectivity index (χ1) is 9.15. The predicted octanol–water partition coefficient (Wildman–Crippen LogP) is 1.27. The smallest absolute Gasteiger partial charge is 0.317 e. The number of nitrogens with zero attached hydrogens (tertiary/aromatic N) is 1. The molecule has 1 aromatic rings. The van der Waals surface area contributed by atoms with Gasteiger partial charge in [-0.15, -0.1) is 0 Å². The van der Waals surface area contributed by atoms with Crippen LogP contribution in [0.4, 0.5) is 4.79 Å². The standard InChI is InChI=1S/C14H16N2O3/c17-13(18)10-7-16(8-10)14(19)15-12-6-11(12)9-4-2-1-3-5-9/h1-5,10-12H,6-8H2,(H,15,19)(H,17,18). The number of likely N-dealkylation sites (tertiary alicyclic amines) is 1. The van der Waals surface area contributed by atoms with Gasteiger partial charge in [-0.1, -0.05) is 30.3 Å². The maximum absolute atomic E-state index is 11.8. The highest BCUT2D eigenvalue weighted by molar-refractivity contribution is 5.80. The Kier molecular flexibility index (Phi) is 2.89. The van der Waals surface area contributed by atoms with E-state index >= 15 is 0 Å². The van der Waals surface area contributed by atoms with E-state index in [0.717, 1.165) is 6.42 Å². The summed E-state index contributed by atoms with van der Waals surface area (Å²) in [6.07, 6.45) is 0.964. The largest absolute Gasteiger partial charge is 0.481 e. The SMILES string of the molecule is O=C(O)C1CN(C(=O)NC2CC2c2ccccc2)C1. The molecule has 5 nitrogen and oxygen atoms in total. The van der Waals surface area contributed by atoms with E-state index in [4.69, 9.17) is 5.11 Å². The number of urea groups is 1. The maximum atomic E-state index is 11.8. The van der Waals surface area contributed by atoms with Crippen molar-refractivity contribution in [2.75, 3.05) is 13.1 Å². The molecule has 0 spiro atoms. The van der Waals surface area contributed by atoms with Gasteiger partial charge in [0.1, 0.15) is 0 Å². The molecular weight excluding hydrogens is 244 g/mol. The van der Waals surface area contributed by atoms with E-state index in [-0.39, 0.29) is 12.1 Å². The van der Waals surface area contributed by atoms with Crippen molar-refractivity contribution in [2.24, 2.45) is 5.92 Å². The van der Waals surface area contributed by atoms with Gasteiger partial charge in [-0.2, -0.15) is 0 Å². The Bertz CT molecular complexity index is 497. The van der Waals surface area contributed by atoms with Crippen molar-refractivity contribution >= 4 is 12.0 Å². The molecule has 5 heteroatoms. The second-order valence-corrected chi connectivity index (χ2v) is 5.25. The first-order valence-corrected chi connectivity index (χ1v) is 6.48. The Morgan fingerprint density at radius 3 is 2.53 bits per heavy atom. The van der Waals surface area contributed by atoms with Crippen LogP contribution in [0.2, 0.25) is 0 Å². The van der Waals surface area contributed by atoms with Crippen molar-refractivity contribution in [1.82, 2.24) is 10.2 Å². The molecule has 1 aliphatic carbocycles. The van der Waals surface area contributed by atoms with Gasteiger partial charge < -0.3 is 15.3 Å². The molecular formula is C14H16N2O3. The van der Waals surface area contributed by atoms with Crippen LogP contribution >= 0.6 is 0 Å². The summed E-state index contributed by atoms with van der Waals surface area (Å²) in [6.45, 7) is 0.647. The molecule has 3 rings (SSSR count). The molecule has 1 saturated carbocycles. The Labute approximate surface area is 111 Å². The minimum atomic E-state index is -0.822. The fourth-order valence-corrected chi connectivity index (χ4v) is 2.47. The number of carbonyl (C=O) groups is 2. The molecule has 2 amide bonds. The summed E-state index contributed by atoms with van der Waals surface area (Å²) in [5.74, 6) is -0.811. The predicted molar refractivity (Wildman–Crippen MR) is 68.8 cm³/mol. The molecule has 2 atom stereocenters. The van der Waals surface area contributed by atoms with Gasteiger partial charge in [0.05, 0.1) is 5.92 Å². The summed E-state index contributed by atoms with van der Waals surface area (Å²) >= 11 is 0. The lowest BCUT2D eigenvalue weighted by Gasteiger charge is -2.36. The summed E-state index contributed by atoms with van der Waals surface area (Å²) < 4.78 is 0. The van der Waals surface area contributed by atoms with Gasteiger partial charge in [-0.25, -0.2) is 4.79 Å². The zero-order chi connectivity index (χ0) is 13.4. The Morgan fingerprint density at radius 1 is 1.21 bits per heavy atom. The van der Waals surface area contributed by atoms with Crippen molar-refractivity contribution < 1.29 is 14.7 Å². The molecule has 2 N–H and O–H groups in total. The first-order valence-electron chi connectivity index (χ1n) is 6.48. The molecule has 1 saturated heterocycles. The van der Waals surface area contributed by atoms with Gasteiger partial charge in [-0.05, 0) is 12.0 Å². The van der Waals surface area contributed by atoms with E-state index < -0.39 is 11.9 Å². The highest BCUT2D eigenvalue weighted by Crippen LogP contribution is 2.40. The van der Waals surface area contributed by atoms with E-state index in [1.54, 1.807) is 4.90 Å². The van der Waals surface area contributed by atoms with Crippen LogP contribution in [-0.2, 0) is 4.79 Å². The van der Waals surface area contributed by atoms with Crippen molar-refractivity contribution in [1.29, 1.82) is 0 Å². The quantitative estimate of drug-likeness (QED) is 0.859. The number of rotatable bonds is 3. The molecule has 0 bridgehead atoms. The Morgan fingerprint density at radius 2 is 1.89 bits per heavy atom. The van der Waals surface area contributed by atoms with Crippen LogP contribution in [0.15, 0.2) is 30.3 Å². The number of hydrogen-bond donors (Lipinski definition) is 2. The van der Waals surface area contributed by atoms with Crippen LogP contribution in [0.5, 0.6) is 0 Å². The van der Waals surface area contributed by atoms with Crippen LogP contribution in [0, 0.1) is 5.92 Å². The third kappa shape index (κ3) is 2.41. The van der Waals surface area contributed by atoms with Crippen molar-refractivity contribution in [3.05, 3.63) is 35.9 Å². The molecule has 19 heavy (non-hydrogen) atoms. The monoisotopic (exact) mass is 260 g/mol. The van der Waals surface area contributed by atoms with Crippen LogP contribution in [0.1, 0.15) is 17.9 Å². The fourth-order valence-electron chi connectivity index (χ4n) is 2.47. The first kappa shape index (κ1) is 12.0. The third-order valence-corrected chi connectivity index (χ3v) is 3.85. The molecule has 1 aliphatic heterocycles. The number of benzene rings is 1. The molecule has 1 heterocycles. The average Bonchev–Trinajstić information content (AvgIpc) is 3.07. The minimum absolute atomic E-state index is 0.138. The Hall–Kier alpha value is -2.04. The lowest BCUT2D eigenvalue weighted by molar-refractivity contribution is -0.146. The van der Waals surface area contributed by atoms with E-state index in [0.29, 0.717) is 19.0 Å². The van der Waals surface area contributed by atoms with Gasteiger partial charge in [0.2, 0.25) is 0 Å². The normalized spacial score (nSPS) is 25.6. The second kappa shape index (κ2) is 4.57. The van der Waals surface area contributed by atoms with Crippen molar-refractivity contribution in [3.8, 4) is 0 Å². The van der Waals surface area contributed by atoms with Gasteiger partial charge in [0.25, 0.3) is 0 Å². The zero-order valence-electron chi connectivity index (χ0n) is 10.5. The van der Waals surface area contributed by atoms with Crippen LogP contribution < -0.4 is 5.32 Å². The topological polar surface area (TPSA) is 69.6 Å². The molecule has 2 aliphatic rings. The molecule has 0 aromatic heterocycles. The van der Waals surface area contributed by atoms with Crippen LogP contribution in [-0.4, -0.2) is 41.1 Å². The van der Waals surface area contributed by atoms with E-state index in [9.17, 15) is 9.59 Å². The van der Waals surface area contributed by atoms with Crippen molar-refractivity contribution in [3.63, 3.8) is 0 Å². The number of carboxylic acid groups (broad SMARTS) is 1. The molecule has 0 radical (unpaired) electrons. The highest BCUT2D eigenvalue weighted by atomic mass is 16.4. The lowest BCUT2D eigenvalue weighted by Crippen LogP contribution is -2.56. The van der Waals surface area contributed by atoms with Gasteiger partial charge in [0, 0.05) is 25.0 Å². The summed E-state index contributed by atoms with van der Waals surface area (Å²) in [5, 5.41) is 11.7. The summed E-state index contributed by atoms with van der Waals surface area (Å²) in [7, 11) is 0. The third-order valence-electron chi connectivity index (χ3n) is 3.85. The lowest BCUT2D eigenvalue weighted by atomic mass is 10.0. The highest BCUT2D eigenvalue weighted by Gasteiger charge is 2.42. The fraction of sp³-hybridized carbons (Fsp3) is 0.429. The summed E-state index contributed by atoms with van der Waals surface area (Å²) in [5.41, 5.74) is 1.25. The second-order valence-electron chi connectivity index (χ2n) is 5.25. The van der Waals surface area contributed by atoms with E-state index in [1.807, 2.05) is 18.2 Å². The molecule has 2 unspecified atom stereocenters. The molecule has 1 aromatic carbocycles. The maximum Gasteiger partial charge on any atom is 0.317 e. The number of nitrogens with one attached hydrogen (secondary N) is 1. The number of hydrogen-bond acceptors (Lipinski definition) is 2. The van der Waals surface area contributed by atoms with Gasteiger partial charge in [-0.3, -0.25) is 4.79 Å². The van der Waals surface area contributed by atoms with Crippen LogP contribution in [0.25, 0.3) is 0 Å². The number of amides is 2. The summed E-state index contributed by atoms with van der Waals surface area (Å²) in [6, 6.07) is 10.2. The van der Waals surface area contributed by atoms with Gasteiger partial charge in [0.15, 0.2) is 0 Å². The number of carbonyl (C=O) groups excluding carboxylic acids is 1. The average molecular weight is 260 g/mol. The summed E-state index contributed by atoms with van der Waals surface area (Å²) in [4.78, 5) is 24.1. The molecule has 2 fully saturated rings. The van der Waals surface area contributed by atoms with E-state index in [2.05, 4.69) is 17.4 Å². The minimum Gasteiger partial charge on any atom is -0.481 e. The molecule has 100 valence electrons. The zero-order valence-corrected chi connectivity index (χ0v) is 10.5. The van der Waals surface area contributed by atoms with E-state index in [1.165, 1.54) is 5.56 Å². The Balaban J connectivity index is 1.47. The number of carboxylic acids is 1. The van der Waals surface area contributed by atoms with Crippen molar-refractivity contribution in [2.45, 2.75) is 18.4 Å².